The summed E-state index contributed by atoms with van der Waals surface area (Å²) >= 11 is 0. The number of rotatable bonds is 4. The molecule has 5 nitrogen and oxygen atoms in total. The van der Waals surface area contributed by atoms with E-state index >= 15 is 0 Å². The van der Waals surface area contributed by atoms with E-state index in [4.69, 9.17) is 0 Å². The fraction of sp³-hybridized carbons (Fsp3) is 0.750. The summed E-state index contributed by atoms with van der Waals surface area (Å²) in [6.45, 7) is 11.1. The minimum atomic E-state index is 0.0777. The van der Waals surface area contributed by atoms with Crippen LogP contribution in [0.1, 0.15) is 52.3 Å². The summed E-state index contributed by atoms with van der Waals surface area (Å²) in [5.74, 6) is 2.26. The molecule has 2 amide bonds. The molecule has 0 atom stereocenters. The van der Waals surface area contributed by atoms with Crippen LogP contribution in [0.5, 0.6) is 0 Å². The Labute approximate surface area is 127 Å². The smallest absolute Gasteiger partial charge is 0.317 e. The van der Waals surface area contributed by atoms with E-state index in [9.17, 15) is 4.79 Å². The lowest BCUT2D eigenvalue weighted by atomic mass is 9.96. The van der Waals surface area contributed by atoms with Crippen molar-refractivity contribution in [3.05, 3.63) is 18.2 Å². The first-order chi connectivity index (χ1) is 9.97. The molecule has 0 radical (unpaired) electrons. The van der Waals surface area contributed by atoms with Gasteiger partial charge in [0.15, 0.2) is 0 Å². The molecule has 0 aliphatic carbocycles. The molecule has 1 saturated heterocycles. The number of urea groups is 1. The molecule has 1 N–H and O–H groups in total. The van der Waals surface area contributed by atoms with Crippen LogP contribution in [-0.4, -0.2) is 39.6 Å². The van der Waals surface area contributed by atoms with E-state index in [-0.39, 0.29) is 12.1 Å². The summed E-state index contributed by atoms with van der Waals surface area (Å²) in [6.07, 6.45) is 6.11. The second-order valence-corrected chi connectivity index (χ2v) is 6.63. The summed E-state index contributed by atoms with van der Waals surface area (Å²) in [5, 5.41) is 2.97. The van der Waals surface area contributed by atoms with E-state index in [1.54, 1.807) is 0 Å². The van der Waals surface area contributed by atoms with Gasteiger partial charge in [-0.05, 0) is 32.6 Å². The van der Waals surface area contributed by atoms with Crippen molar-refractivity contribution in [3.8, 4) is 0 Å². The first kappa shape index (κ1) is 15.9. The first-order valence-electron chi connectivity index (χ1n) is 8.03. The summed E-state index contributed by atoms with van der Waals surface area (Å²) in [7, 11) is 0. The van der Waals surface area contributed by atoms with Crippen LogP contribution in [0.25, 0.3) is 0 Å². The lowest BCUT2D eigenvalue weighted by Gasteiger charge is -2.33. The topological polar surface area (TPSA) is 50.2 Å². The summed E-state index contributed by atoms with van der Waals surface area (Å²) in [6, 6.07) is 0.281. The molecule has 1 fully saturated rings. The van der Waals surface area contributed by atoms with Gasteiger partial charge >= 0.3 is 6.03 Å². The van der Waals surface area contributed by atoms with Gasteiger partial charge in [0, 0.05) is 44.0 Å². The maximum atomic E-state index is 12.0. The van der Waals surface area contributed by atoms with Crippen molar-refractivity contribution in [1.82, 2.24) is 19.8 Å². The maximum Gasteiger partial charge on any atom is 0.317 e. The third-order valence-electron chi connectivity index (χ3n) is 4.03. The van der Waals surface area contributed by atoms with Gasteiger partial charge in [0.25, 0.3) is 0 Å². The molecule has 1 aromatic rings. The van der Waals surface area contributed by atoms with E-state index in [2.05, 4.69) is 34.9 Å². The molecule has 0 spiro atoms. The molecular weight excluding hydrogens is 264 g/mol. The zero-order valence-electron chi connectivity index (χ0n) is 13.7. The molecule has 0 aromatic carbocycles. The summed E-state index contributed by atoms with van der Waals surface area (Å²) in [4.78, 5) is 18.4. The Morgan fingerprint density at radius 2 is 2.00 bits per heavy atom. The molecule has 1 aliphatic heterocycles. The molecule has 2 rings (SSSR count). The Balaban J connectivity index is 1.84. The highest BCUT2D eigenvalue weighted by molar-refractivity contribution is 5.74. The number of hydrogen-bond acceptors (Lipinski definition) is 2. The first-order valence-corrected chi connectivity index (χ1v) is 8.03. The molecule has 2 heterocycles. The van der Waals surface area contributed by atoms with Gasteiger partial charge < -0.3 is 14.8 Å². The average molecular weight is 292 g/mol. The number of carbonyl (C=O) groups excluding carboxylic acids is 1. The number of amides is 2. The average Bonchev–Trinajstić information content (AvgIpc) is 2.87. The van der Waals surface area contributed by atoms with Gasteiger partial charge in [-0.3, -0.25) is 0 Å². The van der Waals surface area contributed by atoms with Crippen molar-refractivity contribution in [3.63, 3.8) is 0 Å². The minimum Gasteiger partial charge on any atom is -0.336 e. The van der Waals surface area contributed by atoms with Gasteiger partial charge in [0.2, 0.25) is 0 Å². The Hall–Kier alpha value is -1.52. The molecular formula is C16H28N4O. The number of hydrogen-bond donors (Lipinski definition) is 1. The molecule has 1 aromatic heterocycles. The zero-order valence-corrected chi connectivity index (χ0v) is 13.7. The minimum absolute atomic E-state index is 0.0777. The van der Waals surface area contributed by atoms with Gasteiger partial charge in [-0.2, -0.15) is 0 Å². The Morgan fingerprint density at radius 3 is 2.57 bits per heavy atom. The van der Waals surface area contributed by atoms with Gasteiger partial charge in [0.1, 0.15) is 5.82 Å². The third-order valence-corrected chi connectivity index (χ3v) is 4.03. The zero-order chi connectivity index (χ0) is 15.4. The number of likely N-dealkylation sites (tertiary alicyclic amines) is 1. The van der Waals surface area contributed by atoms with Crippen LogP contribution < -0.4 is 5.32 Å². The number of piperidine rings is 1. The van der Waals surface area contributed by atoms with Crippen molar-refractivity contribution in [2.75, 3.05) is 13.1 Å². The molecule has 1 aliphatic rings. The van der Waals surface area contributed by atoms with E-state index < -0.39 is 0 Å². The number of imidazole rings is 1. The van der Waals surface area contributed by atoms with Crippen molar-refractivity contribution in [1.29, 1.82) is 0 Å². The Morgan fingerprint density at radius 1 is 1.33 bits per heavy atom. The fourth-order valence-electron chi connectivity index (χ4n) is 2.91. The lowest BCUT2D eigenvalue weighted by molar-refractivity contribution is 0.163. The molecule has 118 valence electrons. The predicted molar refractivity (Wildman–Crippen MR) is 84.3 cm³/mol. The van der Waals surface area contributed by atoms with Crippen LogP contribution >= 0.6 is 0 Å². The van der Waals surface area contributed by atoms with Crippen molar-refractivity contribution >= 4 is 6.03 Å². The van der Waals surface area contributed by atoms with Crippen LogP contribution in [-0.2, 0) is 6.54 Å². The van der Waals surface area contributed by atoms with Crippen LogP contribution in [0.4, 0.5) is 4.79 Å². The normalized spacial score (nSPS) is 16.8. The van der Waals surface area contributed by atoms with E-state index in [0.717, 1.165) is 38.3 Å². The second kappa shape index (κ2) is 6.96. The van der Waals surface area contributed by atoms with Gasteiger partial charge in [-0.1, -0.05) is 13.8 Å². The number of nitrogens with zero attached hydrogens (tertiary/aromatic N) is 3. The highest BCUT2D eigenvalue weighted by atomic mass is 16.2. The highest BCUT2D eigenvalue weighted by Crippen LogP contribution is 2.21. The molecule has 0 saturated carbocycles. The van der Waals surface area contributed by atoms with Gasteiger partial charge in [0.05, 0.1) is 0 Å². The molecule has 0 unspecified atom stereocenters. The Kier molecular flexibility index (Phi) is 5.26. The Bertz CT molecular complexity index is 459. The van der Waals surface area contributed by atoms with Crippen molar-refractivity contribution < 1.29 is 4.79 Å². The molecule has 21 heavy (non-hydrogen) atoms. The van der Waals surface area contributed by atoms with Gasteiger partial charge in [-0.15, -0.1) is 0 Å². The fourth-order valence-corrected chi connectivity index (χ4v) is 2.91. The largest absolute Gasteiger partial charge is 0.336 e. The van der Waals surface area contributed by atoms with Crippen LogP contribution in [0.2, 0.25) is 0 Å². The highest BCUT2D eigenvalue weighted by Gasteiger charge is 2.23. The third kappa shape index (κ3) is 4.22. The van der Waals surface area contributed by atoms with Crippen molar-refractivity contribution in [2.24, 2.45) is 5.92 Å². The monoisotopic (exact) mass is 292 g/mol. The SMILES string of the molecule is CC(C)NC(=O)N1CCC(Cn2ccnc2C(C)C)CC1. The predicted octanol–water partition coefficient (Wildman–Crippen LogP) is 2.84. The van der Waals surface area contributed by atoms with Crippen LogP contribution in [0, 0.1) is 5.92 Å². The van der Waals surface area contributed by atoms with Crippen LogP contribution in [0.15, 0.2) is 12.4 Å². The summed E-state index contributed by atoms with van der Waals surface area (Å²) in [5.41, 5.74) is 0. The van der Waals surface area contributed by atoms with Crippen molar-refractivity contribution in [2.45, 2.75) is 59.0 Å². The number of aromatic nitrogens is 2. The van der Waals surface area contributed by atoms with E-state index in [0.29, 0.717) is 11.8 Å². The van der Waals surface area contributed by atoms with E-state index in [1.807, 2.05) is 24.9 Å². The standard InChI is InChI=1S/C16H28N4O/c1-12(2)15-17-7-10-20(15)11-14-5-8-19(9-6-14)16(21)18-13(3)4/h7,10,12-14H,5-6,8-9,11H2,1-4H3,(H,18,21). The second-order valence-electron chi connectivity index (χ2n) is 6.63. The number of carbonyl (C=O) groups is 1. The molecule has 5 heteroatoms. The van der Waals surface area contributed by atoms with Crippen LogP contribution in [0.3, 0.4) is 0 Å². The quantitative estimate of drug-likeness (QED) is 0.927. The summed E-state index contributed by atoms with van der Waals surface area (Å²) < 4.78 is 2.28. The number of nitrogens with one attached hydrogen (secondary N) is 1. The molecule has 0 bridgehead atoms. The van der Waals surface area contributed by atoms with Gasteiger partial charge in [-0.25, -0.2) is 9.78 Å². The lowest BCUT2D eigenvalue weighted by Crippen LogP contribution is -2.46. The van der Waals surface area contributed by atoms with E-state index in [1.165, 1.54) is 0 Å². The maximum absolute atomic E-state index is 12.0.